The Bertz CT molecular complexity index is 708. The summed E-state index contributed by atoms with van der Waals surface area (Å²) in [7, 11) is 0. The highest BCUT2D eigenvalue weighted by Crippen LogP contribution is 2.55. The fourth-order valence-corrected chi connectivity index (χ4v) is 6.27. The lowest BCUT2D eigenvalue weighted by atomic mass is 10.0. The summed E-state index contributed by atoms with van der Waals surface area (Å²) in [5.41, 5.74) is 1.88. The van der Waals surface area contributed by atoms with Gasteiger partial charge in [-0.2, -0.15) is 10.5 Å². The Hall–Kier alpha value is -1.18. The van der Waals surface area contributed by atoms with Gasteiger partial charge in [0.15, 0.2) is 5.92 Å². The molecule has 2 aliphatic rings. The van der Waals surface area contributed by atoms with Crippen LogP contribution in [0.15, 0.2) is 49.0 Å². The van der Waals surface area contributed by atoms with Crippen LogP contribution in [0.5, 0.6) is 0 Å². The van der Waals surface area contributed by atoms with E-state index in [1.807, 2.05) is 36.4 Å². The lowest BCUT2D eigenvalue weighted by molar-refractivity contribution is 1.10. The third-order valence-electron chi connectivity index (χ3n) is 2.83. The van der Waals surface area contributed by atoms with E-state index in [0.717, 1.165) is 11.1 Å². The van der Waals surface area contributed by atoms with Gasteiger partial charge in [0.05, 0.1) is 20.6 Å². The van der Waals surface area contributed by atoms with E-state index in [2.05, 4.69) is 16.2 Å². The Balaban J connectivity index is 1.76. The summed E-state index contributed by atoms with van der Waals surface area (Å²) >= 11 is 7.06. The fraction of sp³-hybridized carbons (Fsp3) is 0.0667. The molecule has 0 radical (unpaired) electrons. The van der Waals surface area contributed by atoms with E-state index >= 15 is 0 Å². The predicted molar refractivity (Wildman–Crippen MR) is 94.9 cm³/mol. The number of nitriles is 2. The summed E-state index contributed by atoms with van der Waals surface area (Å²) in [6.45, 7) is 0. The maximum absolute atomic E-state index is 8.91. The molecular weight excluding hydrogens is 336 g/mol. The maximum atomic E-state index is 8.91. The van der Waals surface area contributed by atoms with E-state index in [4.69, 9.17) is 10.5 Å². The molecule has 0 atom stereocenters. The van der Waals surface area contributed by atoms with Gasteiger partial charge in [-0.3, -0.25) is 0 Å². The number of nitrogens with zero attached hydrogens (tertiary/aromatic N) is 2. The number of hydrogen-bond donors (Lipinski definition) is 0. The highest BCUT2D eigenvalue weighted by molar-refractivity contribution is 8.35. The summed E-state index contributed by atoms with van der Waals surface area (Å²) in [4.78, 5) is 1.22. The molecule has 0 spiro atoms. The van der Waals surface area contributed by atoms with Crippen LogP contribution in [0.25, 0.3) is 4.91 Å². The Morgan fingerprint density at radius 1 is 0.857 bits per heavy atom. The van der Waals surface area contributed by atoms with Gasteiger partial charge in [0.1, 0.15) is 0 Å². The zero-order valence-electron chi connectivity index (χ0n) is 10.6. The van der Waals surface area contributed by atoms with Crippen LogP contribution in [0.3, 0.4) is 0 Å². The molecule has 1 aromatic carbocycles. The Morgan fingerprint density at radius 3 is 2.14 bits per heavy atom. The zero-order valence-corrected chi connectivity index (χ0v) is 13.9. The molecule has 0 aromatic heterocycles. The molecule has 0 aliphatic carbocycles. The summed E-state index contributed by atoms with van der Waals surface area (Å²) in [5.74, 6) is -0.686. The van der Waals surface area contributed by atoms with Gasteiger partial charge < -0.3 is 0 Å². The van der Waals surface area contributed by atoms with Crippen LogP contribution in [0, 0.1) is 22.7 Å². The average Bonchev–Trinajstić information content (AvgIpc) is 3.20. The van der Waals surface area contributed by atoms with Crippen LogP contribution in [-0.2, 0) is 0 Å². The minimum Gasteiger partial charge on any atom is -0.196 e. The summed E-state index contributed by atoms with van der Waals surface area (Å²) in [6, 6.07) is 11.7. The van der Waals surface area contributed by atoms with Gasteiger partial charge in [-0.15, -0.1) is 0 Å². The standard InChI is InChI=1S/C15H8N2S4/c16-7-12(8-17)10-1-3-11(4-2-10)13-9-20-15(21-13)14-18-5-6-19-14/h1-6,9,12H. The molecule has 2 nitrogen and oxygen atoms in total. The minimum absolute atomic E-state index is 0.686. The molecule has 0 amide bonds. The largest absolute Gasteiger partial charge is 0.196 e. The van der Waals surface area contributed by atoms with Gasteiger partial charge >= 0.3 is 0 Å². The van der Waals surface area contributed by atoms with Gasteiger partial charge in [-0.05, 0) is 27.4 Å². The molecule has 0 bridgehead atoms. The highest BCUT2D eigenvalue weighted by Gasteiger charge is 2.20. The van der Waals surface area contributed by atoms with Crippen molar-refractivity contribution >= 4 is 52.0 Å². The van der Waals surface area contributed by atoms with E-state index in [0.29, 0.717) is 0 Å². The minimum atomic E-state index is -0.686. The monoisotopic (exact) mass is 344 g/mol. The molecule has 0 saturated heterocycles. The van der Waals surface area contributed by atoms with E-state index in [1.165, 1.54) is 13.4 Å². The number of thioether (sulfide) groups is 4. The number of hydrogen-bond acceptors (Lipinski definition) is 6. The molecule has 6 heteroatoms. The lowest BCUT2D eigenvalue weighted by Gasteiger charge is -2.05. The van der Waals surface area contributed by atoms with E-state index in [1.54, 1.807) is 47.0 Å². The van der Waals surface area contributed by atoms with Crippen molar-refractivity contribution in [2.24, 2.45) is 0 Å². The van der Waals surface area contributed by atoms with Gasteiger partial charge in [0.25, 0.3) is 0 Å². The third-order valence-corrected chi connectivity index (χ3v) is 7.90. The van der Waals surface area contributed by atoms with E-state index < -0.39 is 5.92 Å². The first-order valence-electron chi connectivity index (χ1n) is 5.98. The summed E-state index contributed by atoms with van der Waals surface area (Å²) in [6.07, 6.45) is 0. The summed E-state index contributed by atoms with van der Waals surface area (Å²) < 4.78 is 2.66. The molecule has 1 aromatic rings. The Morgan fingerprint density at radius 2 is 1.52 bits per heavy atom. The van der Waals surface area contributed by atoms with Crippen LogP contribution >= 0.6 is 47.0 Å². The molecule has 2 aliphatic heterocycles. The second-order valence-corrected chi connectivity index (χ2v) is 8.38. The SMILES string of the molecule is N#CC(C#N)c1ccc(C2=CSC(=C3SC=CS3)S2)cc1. The lowest BCUT2D eigenvalue weighted by Crippen LogP contribution is -1.91. The first kappa shape index (κ1) is 14.7. The van der Waals surface area contributed by atoms with E-state index in [9.17, 15) is 0 Å². The average molecular weight is 345 g/mol. The predicted octanol–water partition coefficient (Wildman–Crippen LogP) is 5.67. The molecule has 102 valence electrons. The van der Waals surface area contributed by atoms with Crippen LogP contribution < -0.4 is 0 Å². The number of rotatable bonds is 2. The molecular formula is C15H8N2S4. The smallest absolute Gasteiger partial charge is 0.158 e. The second-order valence-electron chi connectivity index (χ2n) is 4.10. The third kappa shape index (κ3) is 3.20. The van der Waals surface area contributed by atoms with Gasteiger partial charge in [-0.1, -0.05) is 71.3 Å². The van der Waals surface area contributed by atoms with Crippen molar-refractivity contribution in [2.75, 3.05) is 0 Å². The molecule has 3 rings (SSSR count). The van der Waals surface area contributed by atoms with E-state index in [-0.39, 0.29) is 0 Å². The molecule has 0 saturated carbocycles. The van der Waals surface area contributed by atoms with Crippen LogP contribution in [0.2, 0.25) is 0 Å². The topological polar surface area (TPSA) is 47.6 Å². The maximum Gasteiger partial charge on any atom is 0.158 e. The molecule has 0 fully saturated rings. The quantitative estimate of drug-likeness (QED) is 0.688. The first-order valence-corrected chi connectivity index (χ1v) is 9.44. The van der Waals surface area contributed by atoms with Crippen molar-refractivity contribution in [3.05, 3.63) is 60.1 Å². The first-order chi connectivity index (χ1) is 10.3. The van der Waals surface area contributed by atoms with Crippen molar-refractivity contribution < 1.29 is 0 Å². The van der Waals surface area contributed by atoms with Gasteiger partial charge in [0, 0.05) is 4.91 Å². The Kier molecular flexibility index (Phi) is 4.72. The number of benzene rings is 1. The second kappa shape index (κ2) is 6.72. The summed E-state index contributed by atoms with van der Waals surface area (Å²) in [5, 5.41) is 24.2. The molecule has 0 N–H and O–H groups in total. The highest BCUT2D eigenvalue weighted by atomic mass is 32.2. The van der Waals surface area contributed by atoms with Crippen molar-refractivity contribution in [3.63, 3.8) is 0 Å². The van der Waals surface area contributed by atoms with Gasteiger partial charge in [-0.25, -0.2) is 0 Å². The van der Waals surface area contributed by atoms with Crippen molar-refractivity contribution in [1.29, 1.82) is 10.5 Å². The van der Waals surface area contributed by atoms with Crippen molar-refractivity contribution in [2.45, 2.75) is 5.92 Å². The normalized spacial score (nSPS) is 17.0. The Labute approximate surface area is 140 Å². The van der Waals surface area contributed by atoms with Gasteiger partial charge in [0.2, 0.25) is 0 Å². The fourth-order valence-electron chi connectivity index (χ4n) is 1.79. The molecule has 0 unspecified atom stereocenters. The molecule has 21 heavy (non-hydrogen) atoms. The van der Waals surface area contributed by atoms with Crippen LogP contribution in [0.1, 0.15) is 17.0 Å². The molecule has 2 heterocycles. The van der Waals surface area contributed by atoms with Crippen LogP contribution in [0.4, 0.5) is 0 Å². The van der Waals surface area contributed by atoms with Crippen LogP contribution in [-0.4, -0.2) is 0 Å². The van der Waals surface area contributed by atoms with Crippen molar-refractivity contribution in [3.8, 4) is 12.1 Å². The van der Waals surface area contributed by atoms with Crippen molar-refractivity contribution in [1.82, 2.24) is 0 Å². The zero-order chi connectivity index (χ0) is 14.7.